The summed E-state index contributed by atoms with van der Waals surface area (Å²) in [5.74, 6) is 0.573. The molecule has 0 radical (unpaired) electrons. The molecule has 0 fully saturated rings. The number of nitrogens with zero attached hydrogens (tertiary/aromatic N) is 1. The second-order valence-corrected chi connectivity index (χ2v) is 3.69. The summed E-state index contributed by atoms with van der Waals surface area (Å²) < 4.78 is 2.22. The van der Waals surface area contributed by atoms with Crippen LogP contribution in [0.3, 0.4) is 0 Å². The Morgan fingerprint density at radius 2 is 1.64 bits per heavy atom. The molecule has 1 nitrogen and oxygen atoms in total. The Labute approximate surface area is 85.0 Å². The van der Waals surface area contributed by atoms with Crippen molar-refractivity contribution >= 4 is 0 Å². The van der Waals surface area contributed by atoms with E-state index in [1.54, 1.807) is 0 Å². The molecular formula is C13H15N. The van der Waals surface area contributed by atoms with Gasteiger partial charge in [0.2, 0.25) is 0 Å². The average Bonchev–Trinajstić information content (AvgIpc) is 2.72. The molecule has 2 rings (SSSR count). The molecule has 1 unspecified atom stereocenters. The van der Waals surface area contributed by atoms with Crippen molar-refractivity contribution < 1.29 is 0 Å². The summed E-state index contributed by atoms with van der Waals surface area (Å²) >= 11 is 0. The van der Waals surface area contributed by atoms with Crippen molar-refractivity contribution in [2.45, 2.75) is 19.4 Å². The molecule has 0 N–H and O–H groups in total. The molecule has 72 valence electrons. The predicted molar refractivity (Wildman–Crippen MR) is 59.3 cm³/mol. The minimum Gasteiger partial charge on any atom is -0.354 e. The average molecular weight is 185 g/mol. The minimum absolute atomic E-state index is 0.573. The Kier molecular flexibility index (Phi) is 2.68. The topological polar surface area (TPSA) is 4.93 Å². The van der Waals surface area contributed by atoms with Gasteiger partial charge in [0.05, 0.1) is 0 Å². The summed E-state index contributed by atoms with van der Waals surface area (Å²) in [6.07, 6.45) is 4.22. The molecule has 0 aliphatic heterocycles. The summed E-state index contributed by atoms with van der Waals surface area (Å²) in [7, 11) is 0. The van der Waals surface area contributed by atoms with Crippen LogP contribution in [0.2, 0.25) is 0 Å². The molecule has 14 heavy (non-hydrogen) atoms. The maximum atomic E-state index is 2.26. The van der Waals surface area contributed by atoms with Crippen molar-refractivity contribution in [3.63, 3.8) is 0 Å². The highest BCUT2D eigenvalue weighted by molar-refractivity contribution is 5.18. The Balaban J connectivity index is 2.07. The molecule has 1 aromatic heterocycles. The van der Waals surface area contributed by atoms with Crippen molar-refractivity contribution in [3.05, 3.63) is 60.4 Å². The lowest BCUT2D eigenvalue weighted by Crippen LogP contribution is -2.03. The SMILES string of the molecule is CC(Cn1cccc1)c1ccccc1. The first-order valence-electron chi connectivity index (χ1n) is 5.02. The third-order valence-corrected chi connectivity index (χ3v) is 2.52. The van der Waals surface area contributed by atoms with Crippen molar-refractivity contribution in [1.29, 1.82) is 0 Å². The van der Waals surface area contributed by atoms with Crippen LogP contribution in [0.15, 0.2) is 54.9 Å². The maximum Gasteiger partial charge on any atom is 0.0285 e. The van der Waals surface area contributed by atoms with Crippen LogP contribution in [-0.2, 0) is 6.54 Å². The normalized spacial score (nSPS) is 12.6. The summed E-state index contributed by atoms with van der Waals surface area (Å²) in [4.78, 5) is 0. The van der Waals surface area contributed by atoms with E-state index in [0.717, 1.165) is 6.54 Å². The first-order chi connectivity index (χ1) is 6.86. The molecule has 0 aliphatic carbocycles. The third kappa shape index (κ3) is 2.05. The van der Waals surface area contributed by atoms with Gasteiger partial charge in [0.25, 0.3) is 0 Å². The van der Waals surface area contributed by atoms with Gasteiger partial charge in [-0.1, -0.05) is 37.3 Å². The molecule has 1 atom stereocenters. The van der Waals surface area contributed by atoms with Gasteiger partial charge >= 0.3 is 0 Å². The van der Waals surface area contributed by atoms with Crippen LogP contribution in [0.25, 0.3) is 0 Å². The summed E-state index contributed by atoms with van der Waals surface area (Å²) in [5.41, 5.74) is 1.40. The quantitative estimate of drug-likeness (QED) is 0.691. The van der Waals surface area contributed by atoms with Gasteiger partial charge in [0.1, 0.15) is 0 Å². The standard InChI is InChI=1S/C13H15N/c1-12(11-14-9-5-6-10-14)13-7-3-2-4-8-13/h2-10,12H,11H2,1H3. The zero-order valence-corrected chi connectivity index (χ0v) is 8.43. The van der Waals surface area contributed by atoms with E-state index >= 15 is 0 Å². The van der Waals surface area contributed by atoms with E-state index in [1.807, 2.05) is 0 Å². The molecule has 1 heterocycles. The summed E-state index contributed by atoms with van der Waals surface area (Å²) in [5, 5.41) is 0. The second-order valence-electron chi connectivity index (χ2n) is 3.69. The molecule has 0 spiro atoms. The summed E-state index contributed by atoms with van der Waals surface area (Å²) in [6.45, 7) is 3.31. The van der Waals surface area contributed by atoms with Crippen LogP contribution in [0.5, 0.6) is 0 Å². The van der Waals surface area contributed by atoms with Gasteiger partial charge in [-0.3, -0.25) is 0 Å². The van der Waals surface area contributed by atoms with Crippen LogP contribution in [0, 0.1) is 0 Å². The van der Waals surface area contributed by atoms with Crippen LogP contribution in [-0.4, -0.2) is 4.57 Å². The van der Waals surface area contributed by atoms with E-state index in [-0.39, 0.29) is 0 Å². The number of benzene rings is 1. The van der Waals surface area contributed by atoms with Gasteiger partial charge in [0.15, 0.2) is 0 Å². The van der Waals surface area contributed by atoms with E-state index in [0.29, 0.717) is 5.92 Å². The van der Waals surface area contributed by atoms with Crippen molar-refractivity contribution in [3.8, 4) is 0 Å². The van der Waals surface area contributed by atoms with Crippen LogP contribution >= 0.6 is 0 Å². The Hall–Kier alpha value is -1.50. The number of hydrogen-bond donors (Lipinski definition) is 0. The highest BCUT2D eigenvalue weighted by atomic mass is 14.9. The lowest BCUT2D eigenvalue weighted by atomic mass is 10.0. The first-order valence-corrected chi connectivity index (χ1v) is 5.02. The van der Waals surface area contributed by atoms with Gasteiger partial charge in [0, 0.05) is 18.9 Å². The Morgan fingerprint density at radius 1 is 1.00 bits per heavy atom. The maximum absolute atomic E-state index is 2.26. The van der Waals surface area contributed by atoms with Gasteiger partial charge in [-0.2, -0.15) is 0 Å². The lowest BCUT2D eigenvalue weighted by molar-refractivity contribution is 0.600. The number of rotatable bonds is 3. The third-order valence-electron chi connectivity index (χ3n) is 2.52. The fourth-order valence-electron chi connectivity index (χ4n) is 1.70. The molecule has 1 aromatic carbocycles. The van der Waals surface area contributed by atoms with Gasteiger partial charge in [-0.25, -0.2) is 0 Å². The number of aromatic nitrogens is 1. The Morgan fingerprint density at radius 3 is 2.29 bits per heavy atom. The second kappa shape index (κ2) is 4.14. The zero-order chi connectivity index (χ0) is 9.80. The highest BCUT2D eigenvalue weighted by Gasteiger charge is 2.04. The molecule has 1 heteroatoms. The van der Waals surface area contributed by atoms with Gasteiger partial charge in [-0.15, -0.1) is 0 Å². The predicted octanol–water partition coefficient (Wildman–Crippen LogP) is 3.29. The van der Waals surface area contributed by atoms with E-state index < -0.39 is 0 Å². The van der Waals surface area contributed by atoms with E-state index in [9.17, 15) is 0 Å². The van der Waals surface area contributed by atoms with E-state index in [4.69, 9.17) is 0 Å². The van der Waals surface area contributed by atoms with Crippen molar-refractivity contribution in [2.75, 3.05) is 0 Å². The van der Waals surface area contributed by atoms with E-state index in [2.05, 4.69) is 66.3 Å². The fraction of sp³-hybridized carbons (Fsp3) is 0.231. The van der Waals surface area contributed by atoms with Crippen LogP contribution in [0.4, 0.5) is 0 Å². The van der Waals surface area contributed by atoms with Crippen LogP contribution in [0.1, 0.15) is 18.4 Å². The Bertz CT molecular complexity index is 361. The molecule has 0 amide bonds. The van der Waals surface area contributed by atoms with Crippen molar-refractivity contribution in [1.82, 2.24) is 4.57 Å². The van der Waals surface area contributed by atoms with Crippen molar-refractivity contribution in [2.24, 2.45) is 0 Å². The minimum atomic E-state index is 0.573. The molecule has 0 saturated heterocycles. The monoisotopic (exact) mass is 185 g/mol. The van der Waals surface area contributed by atoms with Crippen LogP contribution < -0.4 is 0 Å². The molecular weight excluding hydrogens is 170 g/mol. The molecule has 2 aromatic rings. The van der Waals surface area contributed by atoms with E-state index in [1.165, 1.54) is 5.56 Å². The molecule has 0 saturated carbocycles. The highest BCUT2D eigenvalue weighted by Crippen LogP contribution is 2.16. The lowest BCUT2D eigenvalue weighted by Gasteiger charge is -2.12. The number of hydrogen-bond acceptors (Lipinski definition) is 0. The summed E-state index contributed by atoms with van der Waals surface area (Å²) in [6, 6.07) is 14.8. The fourth-order valence-corrected chi connectivity index (χ4v) is 1.70. The molecule has 0 bridgehead atoms. The first kappa shape index (κ1) is 9.07. The van der Waals surface area contributed by atoms with Gasteiger partial charge < -0.3 is 4.57 Å². The molecule has 0 aliphatic rings. The van der Waals surface area contributed by atoms with Gasteiger partial charge in [-0.05, 0) is 23.6 Å². The largest absolute Gasteiger partial charge is 0.354 e. The zero-order valence-electron chi connectivity index (χ0n) is 8.43. The smallest absolute Gasteiger partial charge is 0.0285 e.